The number of benzene rings is 2. The smallest absolute Gasteiger partial charge is 0.306 e. The first kappa shape index (κ1) is 20.3. The van der Waals surface area contributed by atoms with E-state index < -0.39 is 5.97 Å². The Labute approximate surface area is 183 Å². The fourth-order valence-corrected chi connectivity index (χ4v) is 5.26. The second-order valence-corrected chi connectivity index (χ2v) is 9.33. The van der Waals surface area contributed by atoms with Gasteiger partial charge in [-0.1, -0.05) is 49.6 Å². The van der Waals surface area contributed by atoms with Crippen molar-refractivity contribution in [3.05, 3.63) is 59.7 Å². The van der Waals surface area contributed by atoms with Crippen molar-refractivity contribution in [1.29, 1.82) is 0 Å². The number of aliphatic carboxylic acids is 1. The third kappa shape index (κ3) is 4.54. The summed E-state index contributed by atoms with van der Waals surface area (Å²) in [5.41, 5.74) is 4.78. The van der Waals surface area contributed by atoms with Crippen LogP contribution < -0.4 is 0 Å². The van der Waals surface area contributed by atoms with Crippen molar-refractivity contribution in [2.24, 2.45) is 5.92 Å². The van der Waals surface area contributed by atoms with Crippen molar-refractivity contribution in [3.63, 3.8) is 0 Å². The maximum atomic E-state index is 11.1. The summed E-state index contributed by atoms with van der Waals surface area (Å²) in [6, 6.07) is 17.5. The predicted molar refractivity (Wildman–Crippen MR) is 123 cm³/mol. The van der Waals surface area contributed by atoms with Gasteiger partial charge >= 0.3 is 5.97 Å². The molecule has 0 spiro atoms. The number of furan rings is 1. The van der Waals surface area contributed by atoms with Crippen molar-refractivity contribution in [2.75, 3.05) is 13.1 Å². The van der Waals surface area contributed by atoms with E-state index in [2.05, 4.69) is 53.4 Å². The summed E-state index contributed by atoms with van der Waals surface area (Å²) in [6.07, 6.45) is 8.19. The molecule has 162 valence electrons. The van der Waals surface area contributed by atoms with Gasteiger partial charge in [0.15, 0.2) is 0 Å². The molecule has 2 heterocycles. The molecule has 0 radical (unpaired) electrons. The zero-order chi connectivity index (χ0) is 21.2. The molecule has 5 rings (SSSR count). The van der Waals surface area contributed by atoms with Gasteiger partial charge in [-0.05, 0) is 74.0 Å². The van der Waals surface area contributed by atoms with Crippen LogP contribution in [0.4, 0.5) is 0 Å². The molecule has 3 aromatic rings. The van der Waals surface area contributed by atoms with Gasteiger partial charge in [0.2, 0.25) is 0 Å². The highest BCUT2D eigenvalue weighted by atomic mass is 16.4. The Morgan fingerprint density at radius 2 is 1.68 bits per heavy atom. The van der Waals surface area contributed by atoms with E-state index in [1.165, 1.54) is 48.6 Å². The molecule has 2 aliphatic rings. The lowest BCUT2D eigenvalue weighted by Crippen LogP contribution is -2.35. The molecule has 0 unspecified atom stereocenters. The van der Waals surface area contributed by atoms with Crippen LogP contribution in [-0.4, -0.2) is 29.1 Å². The number of piperidine rings is 1. The molecule has 1 saturated carbocycles. The van der Waals surface area contributed by atoms with Crippen LogP contribution in [0.25, 0.3) is 22.3 Å². The number of likely N-dealkylation sites (tertiary alicyclic amines) is 1. The topological polar surface area (TPSA) is 53.7 Å². The van der Waals surface area contributed by atoms with Crippen molar-refractivity contribution < 1.29 is 14.3 Å². The van der Waals surface area contributed by atoms with Crippen LogP contribution in [-0.2, 0) is 11.3 Å². The van der Waals surface area contributed by atoms with E-state index >= 15 is 0 Å². The summed E-state index contributed by atoms with van der Waals surface area (Å²) in [5, 5.41) is 10.4. The molecule has 4 nitrogen and oxygen atoms in total. The predicted octanol–water partition coefficient (Wildman–Crippen LogP) is 6.44. The summed E-state index contributed by atoms with van der Waals surface area (Å²) >= 11 is 0. The molecule has 2 fully saturated rings. The summed E-state index contributed by atoms with van der Waals surface area (Å²) in [4.78, 5) is 13.5. The molecule has 1 aliphatic carbocycles. The minimum Gasteiger partial charge on any atom is -0.481 e. The Morgan fingerprint density at radius 3 is 2.39 bits per heavy atom. The fourth-order valence-electron chi connectivity index (χ4n) is 5.26. The molecule has 4 heteroatoms. The van der Waals surface area contributed by atoms with E-state index in [0.717, 1.165) is 49.4 Å². The van der Waals surface area contributed by atoms with Crippen molar-refractivity contribution in [2.45, 2.75) is 57.4 Å². The highest BCUT2D eigenvalue weighted by Gasteiger charge is 2.24. The molecule has 1 N–H and O–H groups in total. The van der Waals surface area contributed by atoms with E-state index in [0.29, 0.717) is 5.92 Å². The fraction of sp³-hybridized carbons (Fsp3) is 0.444. The van der Waals surface area contributed by atoms with Crippen molar-refractivity contribution in [1.82, 2.24) is 4.90 Å². The number of hydrogen-bond donors (Lipinski definition) is 1. The second kappa shape index (κ2) is 8.88. The Balaban J connectivity index is 1.26. The van der Waals surface area contributed by atoms with Gasteiger partial charge in [-0.2, -0.15) is 0 Å². The zero-order valence-corrected chi connectivity index (χ0v) is 18.1. The maximum absolute atomic E-state index is 11.1. The molecule has 0 amide bonds. The number of carbonyl (C=O) groups is 1. The molecule has 1 saturated heterocycles. The standard InChI is InChI=1S/C27H31NO3/c29-27(30)22-12-14-28(15-13-22)18-19-6-8-21(9-7-19)26-17-24-16-23(10-11-25(24)31-26)20-4-2-1-3-5-20/h6-11,16-17,20,22H,1-5,12-15,18H2,(H,29,30). The van der Waals surface area contributed by atoms with Crippen LogP contribution in [0.1, 0.15) is 62.0 Å². The number of hydrogen-bond acceptors (Lipinski definition) is 3. The number of carboxylic acid groups (broad SMARTS) is 1. The molecule has 0 atom stereocenters. The largest absolute Gasteiger partial charge is 0.481 e. The Morgan fingerprint density at radius 1 is 0.935 bits per heavy atom. The summed E-state index contributed by atoms with van der Waals surface area (Å²) in [5.74, 6) is 0.798. The number of nitrogens with zero attached hydrogens (tertiary/aromatic N) is 1. The van der Waals surface area contributed by atoms with Gasteiger partial charge in [0.05, 0.1) is 5.92 Å². The molecular weight excluding hydrogens is 386 g/mol. The molecule has 1 aliphatic heterocycles. The van der Waals surface area contributed by atoms with Crippen LogP contribution in [0, 0.1) is 5.92 Å². The highest BCUT2D eigenvalue weighted by Crippen LogP contribution is 2.36. The van der Waals surface area contributed by atoms with Crippen LogP contribution in [0.3, 0.4) is 0 Å². The minimum absolute atomic E-state index is 0.176. The number of fused-ring (bicyclic) bond motifs is 1. The number of rotatable bonds is 5. The second-order valence-electron chi connectivity index (χ2n) is 9.33. The van der Waals surface area contributed by atoms with E-state index in [1.54, 1.807) is 0 Å². The van der Waals surface area contributed by atoms with E-state index in [1.807, 2.05) is 0 Å². The Hall–Kier alpha value is -2.59. The van der Waals surface area contributed by atoms with Crippen molar-refractivity contribution in [3.8, 4) is 11.3 Å². The van der Waals surface area contributed by atoms with Crippen molar-refractivity contribution >= 4 is 16.9 Å². The van der Waals surface area contributed by atoms with Gasteiger partial charge in [-0.25, -0.2) is 0 Å². The zero-order valence-electron chi connectivity index (χ0n) is 18.1. The lowest BCUT2D eigenvalue weighted by Gasteiger charge is -2.30. The Kier molecular flexibility index (Phi) is 5.82. The lowest BCUT2D eigenvalue weighted by atomic mass is 9.84. The average Bonchev–Trinajstić information content (AvgIpc) is 3.24. The van der Waals surface area contributed by atoms with E-state index in [-0.39, 0.29) is 5.92 Å². The molecular formula is C27H31NO3. The van der Waals surface area contributed by atoms with Crippen LogP contribution in [0.15, 0.2) is 52.9 Å². The number of carboxylic acids is 1. The van der Waals surface area contributed by atoms with Gasteiger partial charge in [-0.3, -0.25) is 9.69 Å². The minimum atomic E-state index is -0.652. The average molecular weight is 418 g/mol. The van der Waals surface area contributed by atoms with Crippen LogP contribution in [0.5, 0.6) is 0 Å². The maximum Gasteiger partial charge on any atom is 0.306 e. The molecule has 1 aromatic heterocycles. The first-order valence-electron chi connectivity index (χ1n) is 11.7. The quantitative estimate of drug-likeness (QED) is 0.519. The highest BCUT2D eigenvalue weighted by molar-refractivity contribution is 5.83. The normalized spacial score (nSPS) is 19.1. The first-order chi connectivity index (χ1) is 15.2. The monoisotopic (exact) mass is 417 g/mol. The third-order valence-electron chi connectivity index (χ3n) is 7.20. The van der Waals surface area contributed by atoms with Gasteiger partial charge in [0.1, 0.15) is 11.3 Å². The van der Waals surface area contributed by atoms with Gasteiger partial charge in [0, 0.05) is 17.5 Å². The van der Waals surface area contributed by atoms with Gasteiger partial charge < -0.3 is 9.52 Å². The van der Waals surface area contributed by atoms with E-state index in [4.69, 9.17) is 9.52 Å². The van der Waals surface area contributed by atoms with Crippen LogP contribution in [0.2, 0.25) is 0 Å². The molecule has 2 aromatic carbocycles. The summed E-state index contributed by atoms with van der Waals surface area (Å²) in [7, 11) is 0. The molecule has 0 bridgehead atoms. The van der Waals surface area contributed by atoms with Gasteiger partial charge in [0.25, 0.3) is 0 Å². The van der Waals surface area contributed by atoms with Gasteiger partial charge in [-0.15, -0.1) is 0 Å². The van der Waals surface area contributed by atoms with Crippen LogP contribution >= 0.6 is 0 Å². The third-order valence-corrected chi connectivity index (χ3v) is 7.20. The lowest BCUT2D eigenvalue weighted by molar-refractivity contribution is -0.143. The summed E-state index contributed by atoms with van der Waals surface area (Å²) in [6.45, 7) is 2.58. The molecule has 31 heavy (non-hydrogen) atoms. The Bertz CT molecular complexity index is 1040. The SMILES string of the molecule is O=C(O)C1CCN(Cc2ccc(-c3cc4cc(C5CCCCC5)ccc4o3)cc2)CC1. The first-order valence-corrected chi connectivity index (χ1v) is 11.7. The summed E-state index contributed by atoms with van der Waals surface area (Å²) < 4.78 is 6.15. The van der Waals surface area contributed by atoms with E-state index in [9.17, 15) is 4.79 Å².